The van der Waals surface area contributed by atoms with Gasteiger partial charge in [-0.05, 0) is 25.1 Å². The number of carbonyl (C=O) groups excluding carboxylic acids is 1. The van der Waals surface area contributed by atoms with Crippen molar-refractivity contribution in [2.24, 2.45) is 0 Å². The molecule has 0 atom stereocenters. The van der Waals surface area contributed by atoms with Gasteiger partial charge in [0.05, 0.1) is 12.2 Å². The van der Waals surface area contributed by atoms with Crippen molar-refractivity contribution in [3.05, 3.63) is 65.8 Å². The lowest BCUT2D eigenvalue weighted by atomic mass is 10.2. The van der Waals surface area contributed by atoms with Gasteiger partial charge < -0.3 is 4.90 Å². The summed E-state index contributed by atoms with van der Waals surface area (Å²) < 4.78 is 17.1. The zero-order valence-electron chi connectivity index (χ0n) is 14.7. The van der Waals surface area contributed by atoms with Crippen LogP contribution in [0.2, 0.25) is 0 Å². The number of amides is 1. The number of nitrogens with zero attached hydrogens (tertiary/aromatic N) is 5. The van der Waals surface area contributed by atoms with Crippen molar-refractivity contribution in [2.75, 3.05) is 13.1 Å². The Bertz CT molecular complexity index is 1070. The standard InChI is InChI=1S/C19H18FN5OS/c1-2-23(9-10-24-8-4-7-21-24)18(26)17-13-27-19-22-16(12-25(17)19)14-5-3-6-15(20)11-14/h3-8,11-13H,2,9-10H2,1H3. The van der Waals surface area contributed by atoms with Crippen molar-refractivity contribution in [1.29, 1.82) is 0 Å². The third-order valence-electron chi connectivity index (χ3n) is 4.38. The number of carbonyl (C=O) groups is 1. The molecular formula is C19H18FN5OS. The summed E-state index contributed by atoms with van der Waals surface area (Å²) in [7, 11) is 0. The first-order chi connectivity index (χ1) is 13.2. The average molecular weight is 383 g/mol. The molecule has 27 heavy (non-hydrogen) atoms. The minimum atomic E-state index is -0.309. The van der Waals surface area contributed by atoms with E-state index in [-0.39, 0.29) is 11.7 Å². The number of rotatable bonds is 6. The quantitative estimate of drug-likeness (QED) is 0.512. The zero-order valence-corrected chi connectivity index (χ0v) is 15.6. The van der Waals surface area contributed by atoms with Crippen LogP contribution in [0.15, 0.2) is 54.3 Å². The number of likely N-dealkylation sites (N-methyl/N-ethyl adjacent to an activating group) is 1. The van der Waals surface area contributed by atoms with Gasteiger partial charge in [-0.15, -0.1) is 11.3 Å². The maximum absolute atomic E-state index is 13.5. The summed E-state index contributed by atoms with van der Waals surface area (Å²) in [5.74, 6) is -0.366. The third-order valence-corrected chi connectivity index (χ3v) is 5.22. The van der Waals surface area contributed by atoms with E-state index in [0.717, 1.165) is 0 Å². The molecule has 0 N–H and O–H groups in total. The van der Waals surface area contributed by atoms with Gasteiger partial charge in [0.1, 0.15) is 11.5 Å². The third kappa shape index (κ3) is 3.48. The second kappa shape index (κ2) is 7.32. The van der Waals surface area contributed by atoms with Gasteiger partial charge in [0.25, 0.3) is 5.91 Å². The molecule has 0 saturated heterocycles. The highest BCUT2D eigenvalue weighted by Gasteiger charge is 2.20. The smallest absolute Gasteiger partial charge is 0.271 e. The van der Waals surface area contributed by atoms with Gasteiger partial charge in [-0.1, -0.05) is 12.1 Å². The number of halogens is 1. The first-order valence-electron chi connectivity index (χ1n) is 8.65. The minimum absolute atomic E-state index is 0.0564. The minimum Gasteiger partial charge on any atom is -0.336 e. The van der Waals surface area contributed by atoms with Crippen molar-refractivity contribution >= 4 is 22.2 Å². The molecule has 0 bridgehead atoms. The van der Waals surface area contributed by atoms with Gasteiger partial charge in [0.2, 0.25) is 0 Å². The molecule has 0 aliphatic heterocycles. The molecule has 3 heterocycles. The molecule has 4 rings (SSSR count). The number of hydrogen-bond acceptors (Lipinski definition) is 4. The fourth-order valence-electron chi connectivity index (χ4n) is 2.95. The Balaban J connectivity index is 1.59. The molecule has 0 aliphatic rings. The Morgan fingerprint density at radius 3 is 2.96 bits per heavy atom. The number of imidazole rings is 1. The van der Waals surface area contributed by atoms with Crippen LogP contribution in [0, 0.1) is 5.82 Å². The average Bonchev–Trinajstić information content (AvgIpc) is 3.39. The van der Waals surface area contributed by atoms with Crippen LogP contribution >= 0.6 is 11.3 Å². The van der Waals surface area contributed by atoms with Gasteiger partial charge >= 0.3 is 0 Å². The van der Waals surface area contributed by atoms with E-state index in [2.05, 4.69) is 10.1 Å². The van der Waals surface area contributed by atoms with Crippen LogP contribution in [-0.2, 0) is 6.54 Å². The van der Waals surface area contributed by atoms with E-state index in [9.17, 15) is 9.18 Å². The predicted molar refractivity (Wildman–Crippen MR) is 102 cm³/mol. The van der Waals surface area contributed by atoms with Gasteiger partial charge in [-0.25, -0.2) is 9.37 Å². The summed E-state index contributed by atoms with van der Waals surface area (Å²) >= 11 is 1.40. The lowest BCUT2D eigenvalue weighted by Gasteiger charge is -2.20. The van der Waals surface area contributed by atoms with Crippen LogP contribution in [0.1, 0.15) is 17.4 Å². The first kappa shape index (κ1) is 17.4. The number of fused-ring (bicyclic) bond motifs is 1. The second-order valence-corrected chi connectivity index (χ2v) is 6.90. The maximum atomic E-state index is 13.5. The molecule has 1 amide bonds. The summed E-state index contributed by atoms with van der Waals surface area (Å²) in [4.78, 5) is 20.0. The summed E-state index contributed by atoms with van der Waals surface area (Å²) in [5.41, 5.74) is 1.90. The number of aromatic nitrogens is 4. The SMILES string of the molecule is CCN(CCn1cccn1)C(=O)c1csc2nc(-c3cccc(F)c3)cn12. The molecule has 0 spiro atoms. The first-order valence-corrected chi connectivity index (χ1v) is 9.53. The number of hydrogen-bond donors (Lipinski definition) is 0. The maximum Gasteiger partial charge on any atom is 0.271 e. The second-order valence-electron chi connectivity index (χ2n) is 6.06. The topological polar surface area (TPSA) is 55.4 Å². The van der Waals surface area contributed by atoms with Crippen molar-refractivity contribution < 1.29 is 9.18 Å². The van der Waals surface area contributed by atoms with Crippen LogP contribution in [0.5, 0.6) is 0 Å². The van der Waals surface area contributed by atoms with Crippen LogP contribution in [0.3, 0.4) is 0 Å². The molecule has 0 saturated carbocycles. The number of thiazole rings is 1. The molecule has 1 aromatic carbocycles. The monoisotopic (exact) mass is 383 g/mol. The van der Waals surface area contributed by atoms with E-state index >= 15 is 0 Å². The summed E-state index contributed by atoms with van der Waals surface area (Å²) in [6, 6.07) is 8.16. The molecule has 138 valence electrons. The van der Waals surface area contributed by atoms with E-state index in [1.165, 1.54) is 23.5 Å². The Morgan fingerprint density at radius 2 is 2.22 bits per heavy atom. The van der Waals surface area contributed by atoms with E-state index in [1.54, 1.807) is 38.5 Å². The molecule has 0 unspecified atom stereocenters. The van der Waals surface area contributed by atoms with Crippen LogP contribution < -0.4 is 0 Å². The van der Waals surface area contributed by atoms with E-state index < -0.39 is 0 Å². The van der Waals surface area contributed by atoms with Gasteiger partial charge in [-0.2, -0.15) is 5.10 Å². The Morgan fingerprint density at radius 1 is 1.33 bits per heavy atom. The molecule has 0 fully saturated rings. The highest BCUT2D eigenvalue weighted by molar-refractivity contribution is 7.15. The Labute approximate surface area is 159 Å². The molecule has 8 heteroatoms. The molecular weight excluding hydrogens is 365 g/mol. The number of benzene rings is 1. The normalized spacial score (nSPS) is 11.2. The van der Waals surface area contributed by atoms with E-state index in [4.69, 9.17) is 0 Å². The van der Waals surface area contributed by atoms with E-state index in [0.29, 0.717) is 41.5 Å². The lowest BCUT2D eigenvalue weighted by Crippen LogP contribution is -2.34. The fraction of sp³-hybridized carbons (Fsp3) is 0.211. The fourth-order valence-corrected chi connectivity index (χ4v) is 3.79. The zero-order chi connectivity index (χ0) is 18.8. The van der Waals surface area contributed by atoms with Crippen molar-refractivity contribution in [2.45, 2.75) is 13.5 Å². The van der Waals surface area contributed by atoms with Crippen LogP contribution in [0.25, 0.3) is 16.2 Å². The van der Waals surface area contributed by atoms with Crippen molar-refractivity contribution in [3.8, 4) is 11.3 Å². The largest absolute Gasteiger partial charge is 0.336 e. The molecule has 6 nitrogen and oxygen atoms in total. The Kier molecular flexibility index (Phi) is 4.72. The Hall–Kier alpha value is -3.00. The van der Waals surface area contributed by atoms with Crippen molar-refractivity contribution in [1.82, 2.24) is 24.1 Å². The van der Waals surface area contributed by atoms with Gasteiger partial charge in [0, 0.05) is 42.6 Å². The summed E-state index contributed by atoms with van der Waals surface area (Å²) in [6.45, 7) is 3.76. The molecule has 0 aliphatic carbocycles. The lowest BCUT2D eigenvalue weighted by molar-refractivity contribution is 0.0750. The molecule has 4 aromatic rings. The predicted octanol–water partition coefficient (Wildman–Crippen LogP) is 3.56. The molecule has 3 aromatic heterocycles. The summed E-state index contributed by atoms with van der Waals surface area (Å²) in [6.07, 6.45) is 5.39. The van der Waals surface area contributed by atoms with Gasteiger partial charge in [-0.3, -0.25) is 13.9 Å². The van der Waals surface area contributed by atoms with E-state index in [1.807, 2.05) is 24.6 Å². The highest BCUT2D eigenvalue weighted by atomic mass is 32.1. The van der Waals surface area contributed by atoms with Gasteiger partial charge in [0.15, 0.2) is 4.96 Å². The summed E-state index contributed by atoms with van der Waals surface area (Å²) in [5, 5.41) is 5.99. The van der Waals surface area contributed by atoms with Crippen LogP contribution in [-0.4, -0.2) is 43.1 Å². The molecule has 0 radical (unpaired) electrons. The van der Waals surface area contributed by atoms with Crippen LogP contribution in [0.4, 0.5) is 4.39 Å². The van der Waals surface area contributed by atoms with Crippen molar-refractivity contribution in [3.63, 3.8) is 0 Å². The highest BCUT2D eigenvalue weighted by Crippen LogP contribution is 2.24.